The van der Waals surface area contributed by atoms with Crippen molar-refractivity contribution in [3.05, 3.63) is 60.1 Å². The van der Waals surface area contributed by atoms with Crippen LogP contribution in [0.25, 0.3) is 28.2 Å². The summed E-state index contributed by atoms with van der Waals surface area (Å²) in [5, 5.41) is 8.28. The predicted octanol–water partition coefficient (Wildman–Crippen LogP) is 4.96. The second-order valence-corrected chi connectivity index (χ2v) is 7.00. The summed E-state index contributed by atoms with van der Waals surface area (Å²) in [6.07, 6.45) is -0.937. The van der Waals surface area contributed by atoms with E-state index in [1.165, 1.54) is 0 Å². The minimum atomic E-state index is -4.47. The highest BCUT2D eigenvalue weighted by Gasteiger charge is 2.27. The maximum atomic E-state index is 12.3. The molecule has 1 aromatic carbocycles. The number of nitrogens with one attached hydrogen (secondary N) is 2. The van der Waals surface area contributed by atoms with Crippen LogP contribution in [0.5, 0.6) is 0 Å². The van der Waals surface area contributed by atoms with Crippen LogP contribution in [0.3, 0.4) is 0 Å². The van der Waals surface area contributed by atoms with Crippen LogP contribution in [0.2, 0.25) is 0 Å². The molecule has 0 atom stereocenters. The van der Waals surface area contributed by atoms with Gasteiger partial charge in [-0.25, -0.2) is 9.78 Å². The number of amides is 2. The first-order valence-electron chi connectivity index (χ1n) is 9.34. The Labute approximate surface area is 174 Å². The van der Waals surface area contributed by atoms with Crippen LogP contribution in [0.4, 0.5) is 23.7 Å². The number of urea groups is 1. The Morgan fingerprint density at radius 2 is 1.97 bits per heavy atom. The molecule has 0 radical (unpaired) electrons. The number of hydrogen-bond donors (Lipinski definition) is 2. The normalized spacial score (nSPS) is 11.6. The van der Waals surface area contributed by atoms with E-state index in [1.54, 1.807) is 29.7 Å². The molecule has 2 N–H and O–H groups in total. The minimum Gasteiger partial charge on any atom is -0.361 e. The Balaban J connectivity index is 1.58. The topological polar surface area (TPSA) is 84.5 Å². The molecule has 2 amide bonds. The average Bonchev–Trinajstić information content (AvgIpc) is 3.29. The summed E-state index contributed by atoms with van der Waals surface area (Å²) in [7, 11) is 0. The highest BCUT2D eigenvalue weighted by Crippen LogP contribution is 2.28. The van der Waals surface area contributed by atoms with E-state index in [4.69, 9.17) is 4.52 Å². The van der Waals surface area contributed by atoms with Gasteiger partial charge in [0.2, 0.25) is 0 Å². The number of benzene rings is 1. The van der Waals surface area contributed by atoms with E-state index in [1.807, 2.05) is 42.6 Å². The molecule has 3 aromatic heterocycles. The summed E-state index contributed by atoms with van der Waals surface area (Å²) in [5.41, 5.74) is 5.12. The summed E-state index contributed by atoms with van der Waals surface area (Å²) >= 11 is 0. The van der Waals surface area contributed by atoms with Gasteiger partial charge in [0.1, 0.15) is 23.6 Å². The second kappa shape index (κ2) is 7.78. The number of aryl methyl sites for hydroxylation is 1. The lowest BCUT2D eigenvalue weighted by atomic mass is 10.1. The number of imidazole rings is 1. The lowest BCUT2D eigenvalue weighted by Crippen LogP contribution is -2.36. The highest BCUT2D eigenvalue weighted by atomic mass is 19.4. The Hall–Kier alpha value is -3.82. The number of alkyl halides is 3. The van der Waals surface area contributed by atoms with Gasteiger partial charge in [0.15, 0.2) is 0 Å². The zero-order valence-corrected chi connectivity index (χ0v) is 16.6. The van der Waals surface area contributed by atoms with Gasteiger partial charge in [-0.1, -0.05) is 17.3 Å². The Bertz CT molecular complexity index is 1260. The Kier molecular flexibility index (Phi) is 5.14. The zero-order chi connectivity index (χ0) is 22.2. The van der Waals surface area contributed by atoms with Crippen molar-refractivity contribution in [2.45, 2.75) is 20.0 Å². The Morgan fingerprint density at radius 3 is 2.68 bits per heavy atom. The fourth-order valence-corrected chi connectivity index (χ4v) is 3.14. The molecule has 0 saturated heterocycles. The van der Waals surface area contributed by atoms with Crippen LogP contribution < -0.4 is 10.6 Å². The van der Waals surface area contributed by atoms with E-state index in [-0.39, 0.29) is 0 Å². The van der Waals surface area contributed by atoms with Crippen molar-refractivity contribution in [3.63, 3.8) is 0 Å². The molecule has 31 heavy (non-hydrogen) atoms. The van der Waals surface area contributed by atoms with Crippen molar-refractivity contribution in [1.82, 2.24) is 19.9 Å². The molecule has 0 fully saturated rings. The van der Waals surface area contributed by atoms with E-state index in [2.05, 4.69) is 15.5 Å². The van der Waals surface area contributed by atoms with Gasteiger partial charge in [-0.2, -0.15) is 13.2 Å². The molecular formula is C21H18F3N5O2. The fourth-order valence-electron chi connectivity index (χ4n) is 3.14. The summed E-state index contributed by atoms with van der Waals surface area (Å²) < 4.78 is 43.9. The number of anilines is 1. The van der Waals surface area contributed by atoms with Gasteiger partial charge < -0.3 is 15.2 Å². The maximum Gasteiger partial charge on any atom is 0.405 e. The molecule has 0 saturated carbocycles. The van der Waals surface area contributed by atoms with Crippen LogP contribution in [0.1, 0.15) is 11.3 Å². The van der Waals surface area contributed by atoms with Crippen LogP contribution in [-0.2, 0) is 0 Å². The zero-order valence-electron chi connectivity index (χ0n) is 16.6. The third-order valence-corrected chi connectivity index (χ3v) is 4.81. The molecule has 4 rings (SSSR count). The molecule has 10 heteroatoms. The van der Waals surface area contributed by atoms with Crippen molar-refractivity contribution >= 4 is 17.4 Å². The highest BCUT2D eigenvalue weighted by molar-refractivity contribution is 5.90. The first-order valence-corrected chi connectivity index (χ1v) is 9.34. The third kappa shape index (κ3) is 4.37. The van der Waals surface area contributed by atoms with E-state index in [9.17, 15) is 18.0 Å². The van der Waals surface area contributed by atoms with E-state index in [0.29, 0.717) is 11.3 Å². The number of fused-ring (bicyclic) bond motifs is 1. The quantitative estimate of drug-likeness (QED) is 0.480. The largest absolute Gasteiger partial charge is 0.405 e. The van der Waals surface area contributed by atoms with Crippen molar-refractivity contribution in [3.8, 4) is 22.5 Å². The van der Waals surface area contributed by atoms with Crippen LogP contribution in [-0.4, -0.2) is 33.3 Å². The van der Waals surface area contributed by atoms with Crippen LogP contribution >= 0.6 is 0 Å². The molecule has 0 aliphatic carbocycles. The molecule has 0 bridgehead atoms. The molecule has 0 aliphatic rings. The number of rotatable bonds is 4. The number of halogens is 3. The van der Waals surface area contributed by atoms with E-state index < -0.39 is 18.8 Å². The smallest absolute Gasteiger partial charge is 0.361 e. The fraction of sp³-hybridized carbons (Fsp3) is 0.190. The lowest BCUT2D eigenvalue weighted by Gasteiger charge is -2.11. The minimum absolute atomic E-state index is 0.359. The van der Waals surface area contributed by atoms with Crippen LogP contribution in [0, 0.1) is 13.8 Å². The first-order chi connectivity index (χ1) is 14.7. The van der Waals surface area contributed by atoms with Crippen molar-refractivity contribution in [1.29, 1.82) is 0 Å². The van der Waals surface area contributed by atoms with Gasteiger partial charge in [0.25, 0.3) is 0 Å². The summed E-state index contributed by atoms with van der Waals surface area (Å²) in [6, 6.07) is 9.63. The van der Waals surface area contributed by atoms with E-state index >= 15 is 0 Å². The molecule has 0 spiro atoms. The van der Waals surface area contributed by atoms with Gasteiger partial charge in [-0.3, -0.25) is 4.40 Å². The van der Waals surface area contributed by atoms with Gasteiger partial charge >= 0.3 is 12.2 Å². The van der Waals surface area contributed by atoms with Gasteiger partial charge in [0.05, 0.1) is 11.9 Å². The SMILES string of the molecule is Cc1onc(-c2ccn3c(-c4cccc(NC(=O)NCC(F)(F)F)c4)cnc3c2)c1C. The predicted molar refractivity (Wildman–Crippen MR) is 109 cm³/mol. The number of pyridine rings is 1. The monoisotopic (exact) mass is 429 g/mol. The third-order valence-electron chi connectivity index (χ3n) is 4.81. The summed E-state index contributed by atoms with van der Waals surface area (Å²) in [5.74, 6) is 0.752. The number of hydrogen-bond acceptors (Lipinski definition) is 4. The molecule has 7 nitrogen and oxygen atoms in total. The molecule has 4 aromatic rings. The summed E-state index contributed by atoms with van der Waals surface area (Å²) in [4.78, 5) is 16.2. The van der Waals surface area contributed by atoms with Crippen molar-refractivity contribution in [2.75, 3.05) is 11.9 Å². The van der Waals surface area contributed by atoms with Gasteiger partial charge in [0, 0.05) is 28.6 Å². The van der Waals surface area contributed by atoms with Gasteiger partial charge in [-0.15, -0.1) is 0 Å². The van der Waals surface area contributed by atoms with Crippen molar-refractivity contribution in [2.24, 2.45) is 0 Å². The van der Waals surface area contributed by atoms with E-state index in [0.717, 1.165) is 33.8 Å². The van der Waals surface area contributed by atoms with Gasteiger partial charge in [-0.05, 0) is 38.1 Å². The standard InChI is InChI=1S/C21H18F3N5O2/c1-12-13(2)31-28-19(12)15-6-7-29-17(10-25-18(29)9-15)14-4-3-5-16(8-14)27-20(30)26-11-21(22,23)24/h3-10H,11H2,1-2H3,(H2,26,27,30). The molecular weight excluding hydrogens is 411 g/mol. The number of carbonyl (C=O) groups excluding carboxylic acids is 1. The lowest BCUT2D eigenvalue weighted by molar-refractivity contribution is -0.122. The number of nitrogens with zero attached hydrogens (tertiary/aromatic N) is 3. The molecule has 160 valence electrons. The number of aromatic nitrogens is 3. The molecule has 3 heterocycles. The first kappa shape index (κ1) is 20.5. The van der Waals surface area contributed by atoms with Crippen LogP contribution in [0.15, 0.2) is 53.3 Å². The van der Waals surface area contributed by atoms with Crippen molar-refractivity contribution < 1.29 is 22.5 Å². The molecule has 0 aliphatic heterocycles. The number of carbonyl (C=O) groups is 1. The Morgan fingerprint density at radius 1 is 1.16 bits per heavy atom. The summed E-state index contributed by atoms with van der Waals surface area (Å²) in [6.45, 7) is 2.38. The second-order valence-electron chi connectivity index (χ2n) is 7.00. The maximum absolute atomic E-state index is 12.3. The molecule has 0 unspecified atom stereocenters. The average molecular weight is 429 g/mol.